The van der Waals surface area contributed by atoms with Crippen LogP contribution < -0.4 is 15.2 Å². The average molecular weight is 265 g/mol. The second kappa shape index (κ2) is 5.13. The topological polar surface area (TPSA) is 44.5 Å². The Kier molecular flexibility index (Phi) is 3.17. The Labute approximate surface area is 117 Å². The number of hydrogen-bond donors (Lipinski definition) is 1. The fraction of sp³-hybridized carbons (Fsp3) is 0.0588. The van der Waals surface area contributed by atoms with Gasteiger partial charge in [-0.3, -0.25) is 0 Å². The Morgan fingerprint density at radius 3 is 2.30 bits per heavy atom. The Balaban J connectivity index is 1.92. The van der Waals surface area contributed by atoms with Gasteiger partial charge in [0, 0.05) is 6.07 Å². The molecule has 0 saturated carbocycles. The van der Waals surface area contributed by atoms with Gasteiger partial charge in [-0.2, -0.15) is 0 Å². The number of ether oxygens (including phenoxy) is 2. The standard InChI is InChI=1S/C17H15NO2/c1-19-17-11-15(8-9-16(17)18)20-14-7-6-12-4-2-3-5-13(12)10-14/h2-11H,18H2,1H3. The van der Waals surface area contributed by atoms with E-state index in [0.717, 1.165) is 11.1 Å². The lowest BCUT2D eigenvalue weighted by atomic mass is 10.1. The molecule has 3 nitrogen and oxygen atoms in total. The second-order valence-corrected chi connectivity index (χ2v) is 4.51. The van der Waals surface area contributed by atoms with Crippen molar-refractivity contribution in [1.29, 1.82) is 0 Å². The third-order valence-corrected chi connectivity index (χ3v) is 3.16. The Morgan fingerprint density at radius 1 is 0.800 bits per heavy atom. The smallest absolute Gasteiger partial charge is 0.145 e. The van der Waals surface area contributed by atoms with Crippen molar-refractivity contribution >= 4 is 16.5 Å². The molecule has 100 valence electrons. The summed E-state index contributed by atoms with van der Waals surface area (Å²) in [6.45, 7) is 0. The maximum absolute atomic E-state index is 5.85. The molecule has 0 amide bonds. The van der Waals surface area contributed by atoms with E-state index in [2.05, 4.69) is 12.1 Å². The molecule has 20 heavy (non-hydrogen) atoms. The van der Waals surface area contributed by atoms with Gasteiger partial charge < -0.3 is 15.2 Å². The van der Waals surface area contributed by atoms with Crippen LogP contribution in [0.25, 0.3) is 10.8 Å². The summed E-state index contributed by atoms with van der Waals surface area (Å²) in [5, 5.41) is 2.34. The van der Waals surface area contributed by atoms with Crippen molar-refractivity contribution < 1.29 is 9.47 Å². The van der Waals surface area contributed by atoms with Gasteiger partial charge in [-0.1, -0.05) is 30.3 Å². The van der Waals surface area contributed by atoms with Crippen molar-refractivity contribution in [1.82, 2.24) is 0 Å². The van der Waals surface area contributed by atoms with E-state index in [4.69, 9.17) is 15.2 Å². The fourth-order valence-corrected chi connectivity index (χ4v) is 2.12. The monoisotopic (exact) mass is 265 g/mol. The molecule has 0 saturated heterocycles. The molecule has 0 aromatic heterocycles. The van der Waals surface area contributed by atoms with E-state index < -0.39 is 0 Å². The molecule has 0 bridgehead atoms. The van der Waals surface area contributed by atoms with Gasteiger partial charge in [0.15, 0.2) is 0 Å². The summed E-state index contributed by atoms with van der Waals surface area (Å²) in [5.74, 6) is 2.10. The molecule has 0 unspecified atom stereocenters. The Morgan fingerprint density at radius 2 is 1.50 bits per heavy atom. The minimum atomic E-state index is 0.596. The molecule has 3 aromatic rings. The first-order valence-electron chi connectivity index (χ1n) is 6.36. The number of anilines is 1. The minimum Gasteiger partial charge on any atom is -0.494 e. The molecule has 0 fully saturated rings. The van der Waals surface area contributed by atoms with Crippen LogP contribution in [0.3, 0.4) is 0 Å². The van der Waals surface area contributed by atoms with Crippen LogP contribution in [0.5, 0.6) is 17.2 Å². The van der Waals surface area contributed by atoms with E-state index in [1.165, 1.54) is 5.39 Å². The van der Waals surface area contributed by atoms with Crippen LogP contribution in [0.1, 0.15) is 0 Å². The molecular formula is C17H15NO2. The first kappa shape index (κ1) is 12.4. The number of hydrogen-bond acceptors (Lipinski definition) is 3. The van der Waals surface area contributed by atoms with Gasteiger partial charge >= 0.3 is 0 Å². The van der Waals surface area contributed by atoms with Gasteiger partial charge in [0.1, 0.15) is 17.2 Å². The zero-order valence-electron chi connectivity index (χ0n) is 11.2. The first-order chi connectivity index (χ1) is 9.76. The fourth-order valence-electron chi connectivity index (χ4n) is 2.12. The lowest BCUT2D eigenvalue weighted by molar-refractivity contribution is 0.411. The zero-order valence-corrected chi connectivity index (χ0v) is 11.2. The van der Waals surface area contributed by atoms with Crippen LogP contribution >= 0.6 is 0 Å². The van der Waals surface area contributed by atoms with E-state index in [0.29, 0.717) is 17.2 Å². The van der Waals surface area contributed by atoms with Crippen LogP contribution in [0.4, 0.5) is 5.69 Å². The molecular weight excluding hydrogens is 250 g/mol. The van der Waals surface area contributed by atoms with E-state index in [9.17, 15) is 0 Å². The van der Waals surface area contributed by atoms with Gasteiger partial charge in [0.05, 0.1) is 12.8 Å². The Bertz CT molecular complexity index is 753. The quantitative estimate of drug-likeness (QED) is 0.721. The average Bonchev–Trinajstić information content (AvgIpc) is 2.49. The van der Waals surface area contributed by atoms with Crippen molar-refractivity contribution in [2.75, 3.05) is 12.8 Å². The molecule has 0 aliphatic carbocycles. The van der Waals surface area contributed by atoms with Crippen LogP contribution in [0, 0.1) is 0 Å². The Hall–Kier alpha value is -2.68. The van der Waals surface area contributed by atoms with Gasteiger partial charge in [-0.25, -0.2) is 0 Å². The number of methoxy groups -OCH3 is 1. The van der Waals surface area contributed by atoms with E-state index in [-0.39, 0.29) is 0 Å². The van der Waals surface area contributed by atoms with E-state index in [1.807, 2.05) is 36.4 Å². The maximum Gasteiger partial charge on any atom is 0.145 e. The van der Waals surface area contributed by atoms with E-state index in [1.54, 1.807) is 19.2 Å². The summed E-state index contributed by atoms with van der Waals surface area (Å²) in [7, 11) is 1.59. The molecule has 3 rings (SSSR count). The molecule has 0 aliphatic rings. The molecule has 0 heterocycles. The largest absolute Gasteiger partial charge is 0.494 e. The third-order valence-electron chi connectivity index (χ3n) is 3.16. The number of nitrogens with two attached hydrogens (primary N) is 1. The van der Waals surface area contributed by atoms with Gasteiger partial charge in [0.25, 0.3) is 0 Å². The van der Waals surface area contributed by atoms with Crippen molar-refractivity contribution in [3.8, 4) is 17.2 Å². The summed E-state index contributed by atoms with van der Waals surface area (Å²) < 4.78 is 11.0. The second-order valence-electron chi connectivity index (χ2n) is 4.51. The summed E-state index contributed by atoms with van der Waals surface area (Å²) >= 11 is 0. The lowest BCUT2D eigenvalue weighted by Crippen LogP contribution is -1.93. The van der Waals surface area contributed by atoms with Crippen LogP contribution in [0.15, 0.2) is 60.7 Å². The summed E-state index contributed by atoms with van der Waals surface area (Å²) in [6, 6.07) is 19.6. The highest BCUT2D eigenvalue weighted by Crippen LogP contribution is 2.30. The highest BCUT2D eigenvalue weighted by atomic mass is 16.5. The van der Waals surface area contributed by atoms with Gasteiger partial charge in [0.2, 0.25) is 0 Å². The molecule has 3 aromatic carbocycles. The maximum atomic E-state index is 5.85. The summed E-state index contributed by atoms with van der Waals surface area (Å²) in [4.78, 5) is 0. The summed E-state index contributed by atoms with van der Waals surface area (Å²) in [6.07, 6.45) is 0. The SMILES string of the molecule is COc1cc(Oc2ccc3ccccc3c2)ccc1N. The van der Waals surface area contributed by atoms with Crippen molar-refractivity contribution in [2.24, 2.45) is 0 Å². The number of rotatable bonds is 3. The molecule has 0 aliphatic heterocycles. The molecule has 3 heteroatoms. The van der Waals surface area contributed by atoms with Crippen LogP contribution in [0.2, 0.25) is 0 Å². The highest BCUT2D eigenvalue weighted by Gasteiger charge is 2.04. The molecule has 2 N–H and O–H groups in total. The zero-order chi connectivity index (χ0) is 13.9. The lowest BCUT2D eigenvalue weighted by Gasteiger charge is -2.10. The van der Waals surface area contributed by atoms with Crippen molar-refractivity contribution in [2.45, 2.75) is 0 Å². The van der Waals surface area contributed by atoms with Gasteiger partial charge in [-0.15, -0.1) is 0 Å². The first-order valence-corrected chi connectivity index (χ1v) is 6.36. The predicted octanol–water partition coefficient (Wildman–Crippen LogP) is 4.22. The van der Waals surface area contributed by atoms with E-state index >= 15 is 0 Å². The number of nitrogen functional groups attached to an aromatic ring is 1. The molecule has 0 spiro atoms. The third kappa shape index (κ3) is 2.38. The highest BCUT2D eigenvalue weighted by molar-refractivity contribution is 5.83. The number of benzene rings is 3. The van der Waals surface area contributed by atoms with Crippen LogP contribution in [-0.4, -0.2) is 7.11 Å². The molecule has 0 atom stereocenters. The normalized spacial score (nSPS) is 10.4. The summed E-state index contributed by atoms with van der Waals surface area (Å²) in [5.41, 5.74) is 6.38. The minimum absolute atomic E-state index is 0.596. The number of fused-ring (bicyclic) bond motifs is 1. The van der Waals surface area contributed by atoms with Crippen molar-refractivity contribution in [3.63, 3.8) is 0 Å². The predicted molar refractivity (Wildman–Crippen MR) is 81.4 cm³/mol. The van der Waals surface area contributed by atoms with Crippen LogP contribution in [-0.2, 0) is 0 Å². The van der Waals surface area contributed by atoms with Crippen molar-refractivity contribution in [3.05, 3.63) is 60.7 Å². The molecule has 0 radical (unpaired) electrons. The van der Waals surface area contributed by atoms with Gasteiger partial charge in [-0.05, 0) is 35.0 Å².